The van der Waals surface area contributed by atoms with Crippen molar-refractivity contribution in [2.45, 2.75) is 32.6 Å². The fourth-order valence-corrected chi connectivity index (χ4v) is 3.89. The molecule has 0 spiro atoms. The molecule has 2 aromatic carbocycles. The third kappa shape index (κ3) is 4.62. The summed E-state index contributed by atoms with van der Waals surface area (Å²) in [5.41, 5.74) is 11.0. The molecule has 3 aromatic rings. The molecule has 1 aliphatic rings. The van der Waals surface area contributed by atoms with Gasteiger partial charge in [-0.25, -0.2) is 4.98 Å². The van der Waals surface area contributed by atoms with E-state index < -0.39 is 0 Å². The minimum Gasteiger partial charge on any atom is -0.399 e. The zero-order valence-corrected chi connectivity index (χ0v) is 17.4. The molecule has 5 heteroatoms. The number of nitrogens with one attached hydrogen (secondary N) is 1. The molecule has 0 saturated carbocycles. The lowest BCUT2D eigenvalue weighted by Crippen LogP contribution is -2.24. The van der Waals surface area contributed by atoms with Crippen LogP contribution in [0.3, 0.4) is 0 Å². The number of hydrogen-bond acceptors (Lipinski definition) is 4. The Balaban J connectivity index is 1.48. The predicted molar refractivity (Wildman–Crippen MR) is 124 cm³/mol. The van der Waals surface area contributed by atoms with E-state index in [9.17, 15) is 4.79 Å². The smallest absolute Gasteiger partial charge is 0.255 e. The number of nitrogens with zero attached hydrogens (tertiary/aromatic N) is 2. The van der Waals surface area contributed by atoms with Gasteiger partial charge in [0.1, 0.15) is 5.82 Å². The van der Waals surface area contributed by atoms with Gasteiger partial charge in [0, 0.05) is 24.3 Å². The highest BCUT2D eigenvalue weighted by molar-refractivity contribution is 6.05. The molecular weight excluding hydrogens is 372 g/mol. The van der Waals surface area contributed by atoms with Gasteiger partial charge in [0.2, 0.25) is 0 Å². The molecule has 1 amide bonds. The van der Waals surface area contributed by atoms with Gasteiger partial charge in [-0.05, 0) is 72.9 Å². The molecule has 5 nitrogen and oxygen atoms in total. The number of benzene rings is 2. The number of anilines is 3. The zero-order valence-electron chi connectivity index (χ0n) is 17.4. The number of hydrogen-bond donors (Lipinski definition) is 2. The largest absolute Gasteiger partial charge is 0.399 e. The molecule has 1 saturated heterocycles. The molecule has 1 aliphatic heterocycles. The fraction of sp³-hybridized carbons (Fsp3) is 0.280. The van der Waals surface area contributed by atoms with E-state index in [4.69, 9.17) is 5.73 Å². The van der Waals surface area contributed by atoms with Gasteiger partial charge >= 0.3 is 0 Å². The Labute approximate surface area is 177 Å². The Hall–Kier alpha value is -3.34. The molecule has 0 bridgehead atoms. The molecule has 0 radical (unpaired) electrons. The van der Waals surface area contributed by atoms with Crippen molar-refractivity contribution in [2.24, 2.45) is 0 Å². The van der Waals surface area contributed by atoms with E-state index in [2.05, 4.69) is 15.2 Å². The number of nitrogens with two attached hydrogens (primary N) is 1. The van der Waals surface area contributed by atoms with Crippen molar-refractivity contribution < 1.29 is 4.79 Å². The van der Waals surface area contributed by atoms with Gasteiger partial charge in [-0.15, -0.1) is 0 Å². The summed E-state index contributed by atoms with van der Waals surface area (Å²) in [5.74, 6) is 0.840. The number of pyridine rings is 1. The molecule has 0 unspecified atom stereocenters. The number of aryl methyl sites for hydroxylation is 1. The van der Waals surface area contributed by atoms with E-state index in [1.165, 1.54) is 25.7 Å². The first-order valence-corrected chi connectivity index (χ1v) is 10.6. The zero-order chi connectivity index (χ0) is 20.9. The second-order valence-electron chi connectivity index (χ2n) is 7.91. The van der Waals surface area contributed by atoms with E-state index in [1.54, 1.807) is 6.20 Å². The molecule has 0 atom stereocenters. The van der Waals surface area contributed by atoms with Gasteiger partial charge in [0.25, 0.3) is 5.91 Å². The second-order valence-corrected chi connectivity index (χ2v) is 7.91. The van der Waals surface area contributed by atoms with Crippen LogP contribution < -0.4 is 16.0 Å². The summed E-state index contributed by atoms with van der Waals surface area (Å²) in [4.78, 5) is 19.7. The van der Waals surface area contributed by atoms with E-state index in [1.807, 2.05) is 61.5 Å². The average molecular weight is 401 g/mol. The maximum atomic E-state index is 12.8. The van der Waals surface area contributed by atoms with Gasteiger partial charge in [-0.2, -0.15) is 0 Å². The minimum atomic E-state index is -0.143. The lowest BCUT2D eigenvalue weighted by atomic mass is 9.97. The molecule has 30 heavy (non-hydrogen) atoms. The average Bonchev–Trinajstić information content (AvgIpc) is 3.05. The third-order valence-electron chi connectivity index (χ3n) is 5.66. The number of carbonyl (C=O) groups excluding carboxylic acids is 1. The molecular formula is C25H28N4O. The van der Waals surface area contributed by atoms with Gasteiger partial charge < -0.3 is 16.0 Å². The van der Waals surface area contributed by atoms with Crippen molar-refractivity contribution in [1.29, 1.82) is 0 Å². The molecule has 0 aliphatic carbocycles. The van der Waals surface area contributed by atoms with Crippen LogP contribution in [0.25, 0.3) is 11.1 Å². The van der Waals surface area contributed by atoms with Crippen LogP contribution in [0.5, 0.6) is 0 Å². The highest BCUT2D eigenvalue weighted by Gasteiger charge is 2.13. The van der Waals surface area contributed by atoms with Crippen LogP contribution >= 0.6 is 0 Å². The summed E-state index contributed by atoms with van der Waals surface area (Å²) in [6, 6.07) is 17.4. The van der Waals surface area contributed by atoms with E-state index in [0.717, 1.165) is 41.3 Å². The number of amides is 1. The SMILES string of the molecule is Cc1ccc(C(=O)Nc2ccc(N3CCCCCC3)nc2)cc1-c1ccc(N)cc1. The van der Waals surface area contributed by atoms with Crippen LogP contribution in [0.2, 0.25) is 0 Å². The molecule has 2 heterocycles. The predicted octanol–water partition coefficient (Wildman–Crippen LogP) is 5.27. The standard InChI is InChI=1S/C25H28N4O/c1-18-6-7-20(16-23(18)19-8-10-21(26)11-9-19)25(30)28-22-12-13-24(27-17-22)29-14-4-2-3-5-15-29/h6-13,16-17H,2-5,14-15,26H2,1H3,(H,28,30). The van der Waals surface area contributed by atoms with E-state index in [0.29, 0.717) is 11.3 Å². The Morgan fingerprint density at radius 2 is 1.70 bits per heavy atom. The summed E-state index contributed by atoms with van der Waals surface area (Å²) in [7, 11) is 0. The highest BCUT2D eigenvalue weighted by atomic mass is 16.1. The van der Waals surface area contributed by atoms with Crippen molar-refractivity contribution in [1.82, 2.24) is 4.98 Å². The van der Waals surface area contributed by atoms with Crippen LogP contribution in [-0.4, -0.2) is 24.0 Å². The second kappa shape index (κ2) is 8.99. The molecule has 4 rings (SSSR count). The first-order valence-electron chi connectivity index (χ1n) is 10.6. The summed E-state index contributed by atoms with van der Waals surface area (Å²) >= 11 is 0. The van der Waals surface area contributed by atoms with Crippen LogP contribution in [0.1, 0.15) is 41.6 Å². The Morgan fingerprint density at radius 3 is 2.37 bits per heavy atom. The normalized spacial score (nSPS) is 14.2. The van der Waals surface area contributed by atoms with Crippen LogP contribution in [-0.2, 0) is 0 Å². The Bertz CT molecular complexity index is 1000. The fourth-order valence-electron chi connectivity index (χ4n) is 3.89. The first-order chi connectivity index (χ1) is 14.6. The molecule has 154 valence electrons. The summed E-state index contributed by atoms with van der Waals surface area (Å²) < 4.78 is 0. The van der Waals surface area contributed by atoms with Crippen molar-refractivity contribution in [3.63, 3.8) is 0 Å². The minimum absolute atomic E-state index is 0.143. The van der Waals surface area contributed by atoms with Crippen molar-refractivity contribution >= 4 is 23.1 Å². The molecule has 3 N–H and O–H groups in total. The molecule has 1 fully saturated rings. The van der Waals surface area contributed by atoms with Gasteiger partial charge in [-0.3, -0.25) is 4.79 Å². The first kappa shape index (κ1) is 20.0. The number of rotatable bonds is 4. The number of carbonyl (C=O) groups is 1. The van der Waals surface area contributed by atoms with Crippen LogP contribution in [0, 0.1) is 6.92 Å². The van der Waals surface area contributed by atoms with Crippen LogP contribution in [0.4, 0.5) is 17.2 Å². The lowest BCUT2D eigenvalue weighted by molar-refractivity contribution is 0.102. The van der Waals surface area contributed by atoms with Crippen molar-refractivity contribution in [3.8, 4) is 11.1 Å². The number of aromatic nitrogens is 1. The summed E-state index contributed by atoms with van der Waals surface area (Å²) in [6.07, 6.45) is 6.75. The van der Waals surface area contributed by atoms with Gasteiger partial charge in [0.05, 0.1) is 11.9 Å². The maximum Gasteiger partial charge on any atom is 0.255 e. The molecule has 1 aromatic heterocycles. The highest BCUT2D eigenvalue weighted by Crippen LogP contribution is 2.26. The summed E-state index contributed by atoms with van der Waals surface area (Å²) in [6.45, 7) is 4.14. The Morgan fingerprint density at radius 1 is 0.967 bits per heavy atom. The third-order valence-corrected chi connectivity index (χ3v) is 5.66. The van der Waals surface area contributed by atoms with Gasteiger partial charge in [0.15, 0.2) is 0 Å². The topological polar surface area (TPSA) is 71.2 Å². The monoisotopic (exact) mass is 400 g/mol. The van der Waals surface area contributed by atoms with E-state index >= 15 is 0 Å². The lowest BCUT2D eigenvalue weighted by Gasteiger charge is -2.21. The van der Waals surface area contributed by atoms with Crippen molar-refractivity contribution in [2.75, 3.05) is 29.0 Å². The van der Waals surface area contributed by atoms with Crippen LogP contribution in [0.15, 0.2) is 60.8 Å². The van der Waals surface area contributed by atoms with Gasteiger partial charge in [-0.1, -0.05) is 31.0 Å². The maximum absolute atomic E-state index is 12.8. The number of nitrogen functional groups attached to an aromatic ring is 1. The quantitative estimate of drug-likeness (QED) is 0.585. The van der Waals surface area contributed by atoms with E-state index in [-0.39, 0.29) is 5.91 Å². The Kier molecular flexibility index (Phi) is 5.98. The summed E-state index contributed by atoms with van der Waals surface area (Å²) in [5, 5.41) is 2.97. The van der Waals surface area contributed by atoms with Crippen molar-refractivity contribution in [3.05, 3.63) is 71.9 Å².